The second-order valence-corrected chi connectivity index (χ2v) is 13.7. The summed E-state index contributed by atoms with van der Waals surface area (Å²) >= 11 is 0. The molecule has 0 aliphatic rings. The van der Waals surface area contributed by atoms with E-state index in [1.807, 2.05) is 65.8 Å². The molecule has 1 N–H and O–H groups in total. The first-order valence-electron chi connectivity index (χ1n) is 14.5. The molecule has 0 saturated heterocycles. The van der Waals surface area contributed by atoms with E-state index in [0.717, 1.165) is 35.4 Å². The number of nitrogens with zero attached hydrogens (tertiary/aromatic N) is 1. The van der Waals surface area contributed by atoms with Crippen molar-refractivity contribution in [3.63, 3.8) is 0 Å². The molecule has 45 heavy (non-hydrogen) atoms. The van der Waals surface area contributed by atoms with Crippen molar-refractivity contribution < 1.29 is 31.4 Å². The molecule has 8 heteroatoms. The third-order valence-corrected chi connectivity index (χ3v) is 8.50. The van der Waals surface area contributed by atoms with E-state index in [-0.39, 0.29) is 43.9 Å². The predicted molar refractivity (Wildman–Crippen MR) is 169 cm³/mol. The molecule has 0 saturated carbocycles. The van der Waals surface area contributed by atoms with E-state index >= 15 is 0 Å². The van der Waals surface area contributed by atoms with Gasteiger partial charge < -0.3 is 5.11 Å². The highest BCUT2D eigenvalue weighted by Crippen LogP contribution is 2.49. The first kappa shape index (κ1) is 30.7. The second-order valence-electron chi connectivity index (χ2n) is 13.7. The second kappa shape index (κ2) is 9.83. The number of phenolic OH excluding ortho intramolecular Hbond substituents is 1. The van der Waals surface area contributed by atoms with Gasteiger partial charge >= 0.3 is 12.4 Å². The molecule has 0 unspecified atom stereocenters. The van der Waals surface area contributed by atoms with Gasteiger partial charge in [0.1, 0.15) is 5.75 Å². The molecule has 0 radical (unpaired) electrons. The molecular formula is C37H31F6NO. The van der Waals surface area contributed by atoms with Crippen molar-refractivity contribution in [2.24, 2.45) is 0 Å². The monoisotopic (exact) mass is 619 g/mol. The number of fused-ring (bicyclic) bond motifs is 4. The van der Waals surface area contributed by atoms with Crippen LogP contribution in [0.3, 0.4) is 0 Å². The Morgan fingerprint density at radius 2 is 0.778 bits per heavy atom. The van der Waals surface area contributed by atoms with E-state index in [1.54, 1.807) is 12.1 Å². The van der Waals surface area contributed by atoms with E-state index < -0.39 is 23.5 Å². The zero-order chi connectivity index (χ0) is 32.9. The lowest BCUT2D eigenvalue weighted by Crippen LogP contribution is -2.11. The Labute approximate surface area is 256 Å². The van der Waals surface area contributed by atoms with Crippen LogP contribution in [0.5, 0.6) is 5.75 Å². The van der Waals surface area contributed by atoms with Gasteiger partial charge in [-0.25, -0.2) is 4.98 Å². The lowest BCUT2D eigenvalue weighted by atomic mass is 9.81. The Kier molecular flexibility index (Phi) is 6.71. The zero-order valence-electron chi connectivity index (χ0n) is 25.6. The van der Waals surface area contributed by atoms with Crippen molar-refractivity contribution in [2.45, 2.75) is 64.7 Å². The number of aromatic hydroxyl groups is 1. The Bertz CT molecular complexity index is 2020. The molecule has 2 nitrogen and oxygen atoms in total. The number of benzene rings is 5. The average Bonchev–Trinajstić information content (AvgIpc) is 2.94. The zero-order valence-corrected chi connectivity index (χ0v) is 25.6. The lowest BCUT2D eigenvalue weighted by Gasteiger charge is -2.24. The molecule has 1 heterocycles. The maximum Gasteiger partial charge on any atom is 0.416 e. The summed E-state index contributed by atoms with van der Waals surface area (Å²) in [5, 5.41) is 13.8. The SMILES string of the molecule is CC(C)(C)c1ccc2c(-c3c4cc(C(F)(F)F)ccc4nc4ccc(C(F)(F)F)cc34)c3ccc(C(C)(C)C)cc3c(O)c2c1. The van der Waals surface area contributed by atoms with Crippen LogP contribution in [0.15, 0.2) is 72.8 Å². The number of halogens is 6. The van der Waals surface area contributed by atoms with Crippen molar-refractivity contribution in [3.8, 4) is 16.9 Å². The highest BCUT2D eigenvalue weighted by molar-refractivity contribution is 6.24. The van der Waals surface area contributed by atoms with Gasteiger partial charge in [-0.15, -0.1) is 0 Å². The molecule has 0 spiro atoms. The van der Waals surface area contributed by atoms with Gasteiger partial charge in [0.2, 0.25) is 0 Å². The fraction of sp³-hybridized carbons (Fsp3) is 0.270. The smallest absolute Gasteiger partial charge is 0.416 e. The van der Waals surface area contributed by atoms with Gasteiger partial charge in [-0.2, -0.15) is 26.3 Å². The van der Waals surface area contributed by atoms with Crippen LogP contribution in [0, 0.1) is 0 Å². The van der Waals surface area contributed by atoms with Crippen LogP contribution < -0.4 is 0 Å². The summed E-state index contributed by atoms with van der Waals surface area (Å²) in [5.74, 6) is -0.00409. The van der Waals surface area contributed by atoms with Crippen LogP contribution in [-0.4, -0.2) is 10.1 Å². The fourth-order valence-corrected chi connectivity index (χ4v) is 5.97. The number of alkyl halides is 6. The molecule has 6 rings (SSSR count). The molecule has 0 aliphatic carbocycles. The summed E-state index contributed by atoms with van der Waals surface area (Å²) in [6, 6.07) is 17.3. The van der Waals surface area contributed by atoms with Crippen molar-refractivity contribution in [3.05, 3.63) is 95.1 Å². The van der Waals surface area contributed by atoms with Crippen LogP contribution >= 0.6 is 0 Å². The van der Waals surface area contributed by atoms with E-state index in [1.165, 1.54) is 12.1 Å². The van der Waals surface area contributed by atoms with Gasteiger partial charge in [0.05, 0.1) is 22.2 Å². The Hall–Kier alpha value is -4.33. The van der Waals surface area contributed by atoms with Crippen LogP contribution in [0.25, 0.3) is 54.5 Å². The predicted octanol–water partition coefficient (Wildman–Crippen LogP) is 11.7. The van der Waals surface area contributed by atoms with Crippen molar-refractivity contribution in [1.29, 1.82) is 0 Å². The molecule has 0 fully saturated rings. The maximum absolute atomic E-state index is 14.1. The molecule has 6 aromatic rings. The van der Waals surface area contributed by atoms with Crippen molar-refractivity contribution in [2.75, 3.05) is 0 Å². The van der Waals surface area contributed by atoms with Crippen LogP contribution in [-0.2, 0) is 23.2 Å². The van der Waals surface area contributed by atoms with Crippen molar-refractivity contribution >= 4 is 43.4 Å². The molecule has 1 aromatic heterocycles. The lowest BCUT2D eigenvalue weighted by molar-refractivity contribution is -0.138. The molecule has 0 atom stereocenters. The van der Waals surface area contributed by atoms with E-state index in [4.69, 9.17) is 0 Å². The minimum atomic E-state index is -4.70. The van der Waals surface area contributed by atoms with E-state index in [9.17, 15) is 31.4 Å². The number of rotatable bonds is 1. The van der Waals surface area contributed by atoms with Gasteiger partial charge in [-0.3, -0.25) is 0 Å². The first-order chi connectivity index (χ1) is 20.7. The van der Waals surface area contributed by atoms with Crippen LogP contribution in [0.1, 0.15) is 63.8 Å². The van der Waals surface area contributed by atoms with Gasteiger partial charge in [0.15, 0.2) is 0 Å². The Morgan fingerprint density at radius 3 is 1.13 bits per heavy atom. The quantitative estimate of drug-likeness (QED) is 0.147. The van der Waals surface area contributed by atoms with Crippen LogP contribution in [0.4, 0.5) is 26.3 Å². The van der Waals surface area contributed by atoms with Crippen molar-refractivity contribution in [1.82, 2.24) is 4.98 Å². The summed E-state index contributed by atoms with van der Waals surface area (Å²) in [6.07, 6.45) is -9.40. The molecule has 0 bridgehead atoms. The van der Waals surface area contributed by atoms with Gasteiger partial charge in [-0.1, -0.05) is 65.8 Å². The summed E-state index contributed by atoms with van der Waals surface area (Å²) in [6.45, 7) is 12.1. The summed E-state index contributed by atoms with van der Waals surface area (Å²) in [7, 11) is 0. The highest BCUT2D eigenvalue weighted by atomic mass is 19.4. The standard InChI is InChI=1S/C37H31F6NO/c1-34(2,3)19-7-11-23-25(15-19)33(45)26-16-20(35(4,5)6)8-12-24(26)31(23)32-27-17-21(36(38,39)40)9-13-29(27)44-30-14-10-22(18-28(30)32)37(41,42)43/h7-18,45H,1-6H3. The minimum absolute atomic E-state index is 0.00409. The topological polar surface area (TPSA) is 33.1 Å². The summed E-state index contributed by atoms with van der Waals surface area (Å²) in [5.41, 5.74) is 0.350. The third-order valence-electron chi connectivity index (χ3n) is 8.50. The molecule has 0 amide bonds. The van der Waals surface area contributed by atoms with E-state index in [2.05, 4.69) is 4.98 Å². The van der Waals surface area contributed by atoms with Gasteiger partial charge in [0.25, 0.3) is 0 Å². The van der Waals surface area contributed by atoms with Crippen LogP contribution in [0.2, 0.25) is 0 Å². The number of aromatic nitrogens is 1. The fourth-order valence-electron chi connectivity index (χ4n) is 5.97. The number of phenols is 1. The minimum Gasteiger partial charge on any atom is -0.507 e. The number of hydrogen-bond acceptors (Lipinski definition) is 2. The molecule has 5 aromatic carbocycles. The number of hydrogen-bond donors (Lipinski definition) is 1. The largest absolute Gasteiger partial charge is 0.507 e. The summed E-state index contributed by atoms with van der Waals surface area (Å²) in [4.78, 5) is 4.50. The van der Waals surface area contributed by atoms with E-state index in [0.29, 0.717) is 27.1 Å². The Balaban J connectivity index is 1.91. The van der Waals surface area contributed by atoms with Gasteiger partial charge in [-0.05, 0) is 86.8 Å². The number of pyridine rings is 1. The Morgan fingerprint density at radius 1 is 0.444 bits per heavy atom. The molecular weight excluding hydrogens is 588 g/mol. The normalized spacial score (nSPS) is 13.4. The average molecular weight is 620 g/mol. The molecule has 232 valence electrons. The van der Waals surface area contributed by atoms with Gasteiger partial charge in [0, 0.05) is 27.1 Å². The maximum atomic E-state index is 14.1. The first-order valence-corrected chi connectivity index (χ1v) is 14.5. The summed E-state index contributed by atoms with van der Waals surface area (Å²) < 4.78 is 84.3. The molecule has 0 aliphatic heterocycles. The highest BCUT2D eigenvalue weighted by Gasteiger charge is 2.33. The third kappa shape index (κ3) is 5.24.